The summed E-state index contributed by atoms with van der Waals surface area (Å²) in [7, 11) is 0. The number of alkyl halides is 1. The molecule has 84 valence electrons. The van der Waals surface area contributed by atoms with Gasteiger partial charge in [-0.15, -0.1) is 11.6 Å². The average Bonchev–Trinajstić information content (AvgIpc) is 2.16. The van der Waals surface area contributed by atoms with Crippen molar-refractivity contribution in [3.05, 3.63) is 0 Å². The summed E-state index contributed by atoms with van der Waals surface area (Å²) in [5.41, 5.74) is 0. The van der Waals surface area contributed by atoms with Gasteiger partial charge >= 0.3 is 0 Å². The molecule has 0 amide bonds. The van der Waals surface area contributed by atoms with Crippen LogP contribution in [0.1, 0.15) is 52.4 Å². The standard InChI is InChI=1S/C12H24ClN/c1-11-7-6-8-12(2)14(11)10-5-3-4-9-13/h11-12H,3-10H2,1-2H3. The van der Waals surface area contributed by atoms with Crippen LogP contribution in [0.15, 0.2) is 0 Å². The molecular weight excluding hydrogens is 194 g/mol. The third-order valence-corrected chi connectivity index (χ3v) is 3.69. The van der Waals surface area contributed by atoms with E-state index in [0.29, 0.717) is 0 Å². The van der Waals surface area contributed by atoms with Gasteiger partial charge in [-0.2, -0.15) is 0 Å². The van der Waals surface area contributed by atoms with E-state index < -0.39 is 0 Å². The lowest BCUT2D eigenvalue weighted by atomic mass is 9.97. The molecule has 14 heavy (non-hydrogen) atoms. The van der Waals surface area contributed by atoms with Gasteiger partial charge in [0.05, 0.1) is 0 Å². The molecule has 0 radical (unpaired) electrons. The predicted octanol–water partition coefficient (Wildman–Crippen LogP) is 3.66. The molecule has 1 fully saturated rings. The summed E-state index contributed by atoms with van der Waals surface area (Å²) in [6, 6.07) is 1.60. The predicted molar refractivity (Wildman–Crippen MR) is 64.1 cm³/mol. The fraction of sp³-hybridized carbons (Fsp3) is 1.00. The molecule has 1 heterocycles. The first-order valence-electron chi connectivity index (χ1n) is 6.07. The van der Waals surface area contributed by atoms with E-state index in [0.717, 1.165) is 18.0 Å². The molecule has 2 unspecified atom stereocenters. The Hall–Kier alpha value is 0.250. The van der Waals surface area contributed by atoms with Crippen molar-refractivity contribution in [1.29, 1.82) is 0 Å². The van der Waals surface area contributed by atoms with E-state index in [2.05, 4.69) is 18.7 Å². The summed E-state index contributed by atoms with van der Waals surface area (Å²) in [5, 5.41) is 0. The Kier molecular flexibility index (Phi) is 5.88. The van der Waals surface area contributed by atoms with Gasteiger partial charge in [0, 0.05) is 18.0 Å². The summed E-state index contributed by atoms with van der Waals surface area (Å²) < 4.78 is 0. The largest absolute Gasteiger partial charge is 0.298 e. The highest BCUT2D eigenvalue weighted by atomic mass is 35.5. The lowest BCUT2D eigenvalue weighted by Gasteiger charge is -2.39. The highest BCUT2D eigenvalue weighted by molar-refractivity contribution is 6.17. The van der Waals surface area contributed by atoms with Crippen LogP contribution in [0.4, 0.5) is 0 Å². The second-order valence-electron chi connectivity index (χ2n) is 4.62. The molecule has 1 aliphatic rings. The minimum Gasteiger partial charge on any atom is -0.298 e. The fourth-order valence-corrected chi connectivity index (χ4v) is 2.67. The number of hydrogen-bond acceptors (Lipinski definition) is 1. The summed E-state index contributed by atoms with van der Waals surface area (Å²) >= 11 is 5.67. The third-order valence-electron chi connectivity index (χ3n) is 3.43. The van der Waals surface area contributed by atoms with Crippen LogP contribution in [0.25, 0.3) is 0 Å². The molecule has 2 heteroatoms. The second-order valence-corrected chi connectivity index (χ2v) is 4.99. The Bertz CT molecular complexity index is 139. The summed E-state index contributed by atoms with van der Waals surface area (Å²) in [6.45, 7) is 6.02. The van der Waals surface area contributed by atoms with Gasteiger partial charge in [-0.1, -0.05) is 12.8 Å². The van der Waals surface area contributed by atoms with Gasteiger partial charge in [0.15, 0.2) is 0 Å². The number of hydrogen-bond donors (Lipinski definition) is 0. The van der Waals surface area contributed by atoms with Crippen LogP contribution < -0.4 is 0 Å². The van der Waals surface area contributed by atoms with Gasteiger partial charge < -0.3 is 0 Å². The molecule has 0 aromatic carbocycles. The molecule has 0 aromatic heterocycles. The van der Waals surface area contributed by atoms with E-state index in [4.69, 9.17) is 11.6 Å². The highest BCUT2D eigenvalue weighted by Gasteiger charge is 2.23. The topological polar surface area (TPSA) is 3.24 Å². The van der Waals surface area contributed by atoms with E-state index in [1.807, 2.05) is 0 Å². The van der Waals surface area contributed by atoms with Crippen molar-refractivity contribution in [3.8, 4) is 0 Å². The maximum absolute atomic E-state index is 5.67. The van der Waals surface area contributed by atoms with Gasteiger partial charge in [0.1, 0.15) is 0 Å². The van der Waals surface area contributed by atoms with Crippen LogP contribution in [0.5, 0.6) is 0 Å². The Morgan fingerprint density at radius 1 is 1.07 bits per heavy atom. The molecular formula is C12H24ClN. The van der Waals surface area contributed by atoms with E-state index in [-0.39, 0.29) is 0 Å². The van der Waals surface area contributed by atoms with Gasteiger partial charge in [-0.25, -0.2) is 0 Å². The number of unbranched alkanes of at least 4 members (excludes halogenated alkanes) is 2. The third kappa shape index (κ3) is 3.78. The van der Waals surface area contributed by atoms with Crippen LogP contribution in [0, 0.1) is 0 Å². The van der Waals surface area contributed by atoms with E-state index in [1.54, 1.807) is 0 Å². The second kappa shape index (κ2) is 6.68. The van der Waals surface area contributed by atoms with Crippen molar-refractivity contribution in [2.24, 2.45) is 0 Å². The molecule has 1 rings (SSSR count). The van der Waals surface area contributed by atoms with Crippen molar-refractivity contribution in [2.45, 2.75) is 64.5 Å². The highest BCUT2D eigenvalue weighted by Crippen LogP contribution is 2.22. The van der Waals surface area contributed by atoms with Crippen LogP contribution in [-0.2, 0) is 0 Å². The fourth-order valence-electron chi connectivity index (χ4n) is 2.48. The molecule has 0 N–H and O–H groups in total. The van der Waals surface area contributed by atoms with Crippen molar-refractivity contribution in [1.82, 2.24) is 4.90 Å². The molecule has 2 atom stereocenters. The lowest BCUT2D eigenvalue weighted by Crippen LogP contribution is -2.44. The average molecular weight is 218 g/mol. The van der Waals surface area contributed by atoms with Crippen LogP contribution >= 0.6 is 11.6 Å². The van der Waals surface area contributed by atoms with Crippen molar-refractivity contribution >= 4 is 11.6 Å². The van der Waals surface area contributed by atoms with Crippen LogP contribution in [0.2, 0.25) is 0 Å². The molecule has 1 nitrogen and oxygen atoms in total. The Balaban J connectivity index is 2.19. The molecule has 0 aliphatic carbocycles. The monoisotopic (exact) mass is 217 g/mol. The van der Waals surface area contributed by atoms with Crippen molar-refractivity contribution in [3.63, 3.8) is 0 Å². The first-order chi connectivity index (χ1) is 6.75. The van der Waals surface area contributed by atoms with E-state index in [9.17, 15) is 0 Å². The maximum atomic E-state index is 5.67. The van der Waals surface area contributed by atoms with E-state index >= 15 is 0 Å². The summed E-state index contributed by atoms with van der Waals surface area (Å²) in [5.74, 6) is 0.825. The van der Waals surface area contributed by atoms with E-state index in [1.165, 1.54) is 45.1 Å². The van der Waals surface area contributed by atoms with Crippen LogP contribution in [-0.4, -0.2) is 29.4 Å². The molecule has 1 saturated heterocycles. The zero-order valence-corrected chi connectivity index (χ0v) is 10.4. The van der Waals surface area contributed by atoms with Gasteiger partial charge in [0.25, 0.3) is 0 Å². The van der Waals surface area contributed by atoms with Gasteiger partial charge in [0.2, 0.25) is 0 Å². The normalized spacial score (nSPS) is 29.4. The lowest BCUT2D eigenvalue weighted by molar-refractivity contribution is 0.101. The van der Waals surface area contributed by atoms with Crippen molar-refractivity contribution in [2.75, 3.05) is 12.4 Å². The number of halogens is 1. The molecule has 0 aromatic rings. The molecule has 0 saturated carbocycles. The number of piperidine rings is 1. The van der Waals surface area contributed by atoms with Crippen molar-refractivity contribution < 1.29 is 0 Å². The molecule has 0 spiro atoms. The number of rotatable bonds is 5. The summed E-state index contributed by atoms with van der Waals surface area (Å²) in [4.78, 5) is 2.68. The minimum atomic E-state index is 0.801. The first kappa shape index (κ1) is 12.3. The Morgan fingerprint density at radius 3 is 2.29 bits per heavy atom. The summed E-state index contributed by atoms with van der Waals surface area (Å²) in [6.07, 6.45) is 7.99. The number of nitrogens with zero attached hydrogens (tertiary/aromatic N) is 1. The van der Waals surface area contributed by atoms with Gasteiger partial charge in [-0.05, 0) is 46.1 Å². The zero-order chi connectivity index (χ0) is 10.4. The number of likely N-dealkylation sites (tertiary alicyclic amines) is 1. The van der Waals surface area contributed by atoms with Gasteiger partial charge in [-0.3, -0.25) is 4.90 Å². The quantitative estimate of drug-likeness (QED) is 0.502. The SMILES string of the molecule is CC1CCCC(C)N1CCCCCCl. The Morgan fingerprint density at radius 2 is 1.71 bits per heavy atom. The molecule has 0 bridgehead atoms. The Labute approximate surface area is 93.8 Å². The first-order valence-corrected chi connectivity index (χ1v) is 6.61. The minimum absolute atomic E-state index is 0.801. The smallest absolute Gasteiger partial charge is 0.0223 e. The maximum Gasteiger partial charge on any atom is 0.0223 e. The molecule has 1 aliphatic heterocycles. The zero-order valence-electron chi connectivity index (χ0n) is 9.64. The van der Waals surface area contributed by atoms with Crippen LogP contribution in [0.3, 0.4) is 0 Å².